The molecule has 1 saturated heterocycles. The van der Waals surface area contributed by atoms with Gasteiger partial charge in [0, 0.05) is 28.6 Å². The number of likely N-dealkylation sites (tertiary alicyclic amines) is 1. The molecule has 0 bridgehead atoms. The summed E-state index contributed by atoms with van der Waals surface area (Å²) in [4.78, 5) is 29.0. The number of hydrogen-bond donors (Lipinski definition) is 0. The van der Waals surface area contributed by atoms with Gasteiger partial charge in [0.2, 0.25) is 5.91 Å². The van der Waals surface area contributed by atoms with Crippen molar-refractivity contribution in [2.75, 3.05) is 6.61 Å². The zero-order chi connectivity index (χ0) is 33.1. The first kappa shape index (κ1) is 34.1. The van der Waals surface area contributed by atoms with Gasteiger partial charge in [-0.3, -0.25) is 4.79 Å². The van der Waals surface area contributed by atoms with E-state index in [2.05, 4.69) is 76.2 Å². The number of carbonyl (C=O) groups is 2. The zero-order valence-corrected chi connectivity index (χ0v) is 29.8. The molecule has 0 spiro atoms. The van der Waals surface area contributed by atoms with E-state index in [1.54, 1.807) is 6.92 Å². The Morgan fingerprint density at radius 1 is 0.870 bits per heavy atom. The topological polar surface area (TPSA) is 46.6 Å². The number of piperidine rings is 1. The van der Waals surface area contributed by atoms with Crippen molar-refractivity contribution in [3.05, 3.63) is 130 Å². The smallest absolute Gasteiger partial charge is 0.261 e. The van der Waals surface area contributed by atoms with Gasteiger partial charge in [0.15, 0.2) is 0 Å². The van der Waals surface area contributed by atoms with Gasteiger partial charge in [-0.1, -0.05) is 129 Å². The molecule has 4 atom stereocenters. The molecule has 7 heteroatoms. The molecule has 0 unspecified atom stereocenters. The van der Waals surface area contributed by atoms with Gasteiger partial charge in [0.25, 0.3) is 8.32 Å². The molecule has 4 aromatic rings. The number of hydrogen-bond acceptors (Lipinski definition) is 3. The Bertz CT molecular complexity index is 1600. The Hall–Kier alpha value is -3.22. The highest BCUT2D eigenvalue weighted by Crippen LogP contribution is 2.50. The number of amides is 1. The largest absolute Gasteiger partial charge is 0.407 e. The first-order valence-corrected chi connectivity index (χ1v) is 18.6. The predicted molar refractivity (Wildman–Crippen MR) is 192 cm³/mol. The van der Waals surface area contributed by atoms with E-state index in [1.807, 2.05) is 65.6 Å². The molecule has 4 aromatic carbocycles. The first-order chi connectivity index (χ1) is 21.9. The lowest BCUT2D eigenvalue weighted by Gasteiger charge is -2.50. The van der Waals surface area contributed by atoms with Crippen LogP contribution in [0, 0.1) is 5.41 Å². The molecule has 0 aromatic heterocycles. The Balaban J connectivity index is 1.54. The van der Waals surface area contributed by atoms with Gasteiger partial charge in [-0.25, -0.2) is 0 Å². The summed E-state index contributed by atoms with van der Waals surface area (Å²) in [5, 5.41) is 3.50. The van der Waals surface area contributed by atoms with Crippen molar-refractivity contribution in [3.63, 3.8) is 0 Å². The second-order valence-corrected chi connectivity index (χ2v) is 18.9. The van der Waals surface area contributed by atoms with Crippen molar-refractivity contribution < 1.29 is 14.0 Å². The van der Waals surface area contributed by atoms with Crippen LogP contribution in [0.2, 0.25) is 15.1 Å². The monoisotopic (exact) mass is 671 g/mol. The van der Waals surface area contributed by atoms with E-state index in [4.69, 9.17) is 27.6 Å². The Morgan fingerprint density at radius 2 is 1.46 bits per heavy atom. The van der Waals surface area contributed by atoms with E-state index in [-0.39, 0.29) is 28.9 Å². The third kappa shape index (κ3) is 6.61. The highest BCUT2D eigenvalue weighted by Gasteiger charge is 2.52. The minimum absolute atomic E-state index is 0.159. The highest BCUT2D eigenvalue weighted by atomic mass is 35.5. The van der Waals surface area contributed by atoms with Gasteiger partial charge in [-0.05, 0) is 77.5 Å². The fourth-order valence-electron chi connectivity index (χ4n) is 7.22. The van der Waals surface area contributed by atoms with Crippen LogP contribution in [0.3, 0.4) is 0 Å². The summed E-state index contributed by atoms with van der Waals surface area (Å²) in [6.45, 7) is 11.1. The average molecular weight is 673 g/mol. The number of nitrogens with zero attached hydrogens (tertiary/aromatic N) is 1. The second-order valence-electron chi connectivity index (χ2n) is 13.8. The van der Waals surface area contributed by atoms with Crippen molar-refractivity contribution in [3.8, 4) is 0 Å². The number of halogens is 2. The van der Waals surface area contributed by atoms with Gasteiger partial charge in [0.1, 0.15) is 11.7 Å². The summed E-state index contributed by atoms with van der Waals surface area (Å²) >= 11 is 12.8. The normalized spacial score (nSPS) is 21.2. The summed E-state index contributed by atoms with van der Waals surface area (Å²) < 4.78 is 7.22. The molecular formula is C39H43Cl2NO3Si. The van der Waals surface area contributed by atoms with E-state index in [0.717, 1.165) is 17.4 Å². The molecular weight excluding hydrogens is 629 g/mol. The molecule has 240 valence electrons. The van der Waals surface area contributed by atoms with Crippen molar-refractivity contribution in [2.45, 2.75) is 70.5 Å². The molecule has 1 aliphatic heterocycles. The summed E-state index contributed by atoms with van der Waals surface area (Å²) in [6, 6.07) is 36.0. The van der Waals surface area contributed by atoms with E-state index in [1.165, 1.54) is 10.4 Å². The quantitative estimate of drug-likeness (QED) is 0.0963. The molecule has 0 N–H and O–H groups in total. The Kier molecular flexibility index (Phi) is 10.3. The summed E-state index contributed by atoms with van der Waals surface area (Å²) in [5.41, 5.74) is 0.785. The van der Waals surface area contributed by atoms with Crippen molar-refractivity contribution >= 4 is 54.1 Å². The van der Waals surface area contributed by atoms with Crippen LogP contribution >= 0.6 is 23.2 Å². The molecule has 0 radical (unpaired) electrons. The Labute approximate surface area is 284 Å². The first-order valence-electron chi connectivity index (χ1n) is 16.0. The van der Waals surface area contributed by atoms with Crippen LogP contribution < -0.4 is 10.4 Å². The SMILES string of the molecule is C[C@@H](CCO[Si](c1ccccc1)(c1ccccc1)C(C)(C)C)N1C(=O)[C@@](C)(C=O)C[C@H](c2cccc(Cl)c2)[C@H]1c1ccc(Cl)cc1. The predicted octanol–water partition coefficient (Wildman–Crippen LogP) is 8.61. The van der Waals surface area contributed by atoms with Gasteiger partial charge in [-0.2, -0.15) is 0 Å². The number of carbonyl (C=O) groups excluding carboxylic acids is 2. The highest BCUT2D eigenvalue weighted by molar-refractivity contribution is 6.99. The third-order valence-electron chi connectivity index (χ3n) is 9.54. The maximum Gasteiger partial charge on any atom is 0.261 e. The lowest BCUT2D eigenvalue weighted by Crippen LogP contribution is -2.66. The average Bonchev–Trinajstić information content (AvgIpc) is 3.04. The van der Waals surface area contributed by atoms with Crippen LogP contribution in [0.25, 0.3) is 0 Å². The summed E-state index contributed by atoms with van der Waals surface area (Å²) in [6.07, 6.45) is 1.80. The minimum atomic E-state index is -2.77. The van der Waals surface area contributed by atoms with E-state index < -0.39 is 13.7 Å². The van der Waals surface area contributed by atoms with Crippen LogP contribution in [-0.2, 0) is 14.0 Å². The van der Waals surface area contributed by atoms with Crippen LogP contribution in [0.1, 0.15) is 70.5 Å². The third-order valence-corrected chi connectivity index (χ3v) is 15.1. The molecule has 0 saturated carbocycles. The van der Waals surface area contributed by atoms with Crippen LogP contribution in [0.5, 0.6) is 0 Å². The van der Waals surface area contributed by atoms with Crippen LogP contribution in [-0.4, -0.2) is 38.1 Å². The molecule has 4 nitrogen and oxygen atoms in total. The van der Waals surface area contributed by atoms with Gasteiger partial charge in [0.05, 0.1) is 6.04 Å². The van der Waals surface area contributed by atoms with Crippen molar-refractivity contribution in [1.82, 2.24) is 4.90 Å². The van der Waals surface area contributed by atoms with E-state index >= 15 is 0 Å². The molecule has 46 heavy (non-hydrogen) atoms. The summed E-state index contributed by atoms with van der Waals surface area (Å²) in [7, 11) is -2.77. The molecule has 5 rings (SSSR count). The fraction of sp³-hybridized carbons (Fsp3) is 0.333. The van der Waals surface area contributed by atoms with Crippen LogP contribution in [0.15, 0.2) is 109 Å². The lowest BCUT2D eigenvalue weighted by atomic mass is 9.69. The van der Waals surface area contributed by atoms with Crippen molar-refractivity contribution in [1.29, 1.82) is 0 Å². The Morgan fingerprint density at radius 3 is 1.98 bits per heavy atom. The van der Waals surface area contributed by atoms with Gasteiger partial charge >= 0.3 is 0 Å². The number of rotatable bonds is 10. The van der Waals surface area contributed by atoms with Crippen LogP contribution in [0.4, 0.5) is 0 Å². The summed E-state index contributed by atoms with van der Waals surface area (Å²) in [5.74, 6) is -0.327. The molecule has 1 aliphatic rings. The lowest BCUT2D eigenvalue weighted by molar-refractivity contribution is -0.156. The maximum atomic E-state index is 14.4. The second kappa shape index (κ2) is 13.9. The number of aldehydes is 1. The van der Waals surface area contributed by atoms with E-state index in [9.17, 15) is 9.59 Å². The van der Waals surface area contributed by atoms with Gasteiger partial charge in [-0.15, -0.1) is 0 Å². The minimum Gasteiger partial charge on any atom is -0.407 e. The molecule has 0 aliphatic carbocycles. The molecule has 1 heterocycles. The molecule has 1 amide bonds. The fourth-order valence-corrected chi connectivity index (χ4v) is 12.1. The molecule has 1 fully saturated rings. The zero-order valence-electron chi connectivity index (χ0n) is 27.3. The van der Waals surface area contributed by atoms with Crippen molar-refractivity contribution in [2.24, 2.45) is 5.41 Å². The van der Waals surface area contributed by atoms with E-state index in [0.29, 0.717) is 29.5 Å². The number of benzene rings is 4. The maximum absolute atomic E-state index is 14.4. The van der Waals surface area contributed by atoms with Gasteiger partial charge < -0.3 is 14.1 Å². The standard InChI is InChI=1S/C39H43Cl2NO3Si/c1-28(23-24-45-46(38(2,3)4,33-15-8-6-9-16-33)34-17-10-7-11-18-34)42-36(29-19-21-31(40)22-20-29)35(26-39(5,27-43)37(42)44)30-13-12-14-32(41)25-30/h6-22,25,27-28,35-36H,23-24,26H2,1-5H3/t28-,35+,36+,39+/m0/s1.